The Balaban J connectivity index is 2.78. The molecular formula is C15H21N3O2. The Kier molecular flexibility index (Phi) is 3.54. The molecule has 5 heteroatoms. The number of ether oxygens (including phenoxy) is 1. The van der Waals surface area contributed by atoms with E-state index in [0.29, 0.717) is 12.2 Å². The summed E-state index contributed by atoms with van der Waals surface area (Å²) in [5.41, 5.74) is 2.66. The monoisotopic (exact) mass is 275 g/mol. The lowest BCUT2D eigenvalue weighted by molar-refractivity contribution is 0.0528. The van der Waals surface area contributed by atoms with E-state index in [4.69, 9.17) is 4.74 Å². The minimum Gasteiger partial charge on any atom is -0.462 e. The molecule has 0 aliphatic rings. The zero-order chi connectivity index (χ0) is 15.1. The highest BCUT2D eigenvalue weighted by Crippen LogP contribution is 2.27. The molecule has 0 saturated carbocycles. The number of nitrogens with zero attached hydrogens (tertiary/aromatic N) is 3. The third-order valence-electron chi connectivity index (χ3n) is 3.07. The van der Waals surface area contributed by atoms with E-state index in [0.717, 1.165) is 22.4 Å². The summed E-state index contributed by atoms with van der Waals surface area (Å²) in [6.07, 6.45) is 0. The lowest BCUT2D eigenvalue weighted by atomic mass is 10.1. The molecule has 0 N–H and O–H groups in total. The lowest BCUT2D eigenvalue weighted by Gasteiger charge is -2.20. The SMILES string of the molecule is CCOC(=O)c1cc(C)nc2c1c(C)nn2C(C)(C)C. The Morgan fingerprint density at radius 2 is 2.00 bits per heavy atom. The van der Waals surface area contributed by atoms with Gasteiger partial charge in [-0.25, -0.2) is 14.5 Å². The highest BCUT2D eigenvalue weighted by molar-refractivity contribution is 6.03. The number of esters is 1. The van der Waals surface area contributed by atoms with Crippen LogP contribution in [0.3, 0.4) is 0 Å². The van der Waals surface area contributed by atoms with Crippen LogP contribution in [-0.4, -0.2) is 27.3 Å². The quantitative estimate of drug-likeness (QED) is 0.791. The highest BCUT2D eigenvalue weighted by Gasteiger charge is 2.24. The molecule has 0 unspecified atom stereocenters. The molecule has 2 aromatic heterocycles. The normalized spacial score (nSPS) is 11.9. The van der Waals surface area contributed by atoms with Gasteiger partial charge >= 0.3 is 5.97 Å². The molecule has 0 saturated heterocycles. The Morgan fingerprint density at radius 3 is 2.55 bits per heavy atom. The zero-order valence-electron chi connectivity index (χ0n) is 12.9. The number of fused-ring (bicyclic) bond motifs is 1. The van der Waals surface area contributed by atoms with Crippen LogP contribution in [-0.2, 0) is 10.3 Å². The Bertz CT molecular complexity index is 666. The van der Waals surface area contributed by atoms with Crippen LogP contribution in [0.1, 0.15) is 49.4 Å². The molecule has 0 aliphatic heterocycles. The lowest BCUT2D eigenvalue weighted by Crippen LogP contribution is -2.23. The Hall–Kier alpha value is -1.91. The second-order valence-corrected chi connectivity index (χ2v) is 5.90. The second kappa shape index (κ2) is 4.89. The zero-order valence-corrected chi connectivity index (χ0v) is 12.9. The van der Waals surface area contributed by atoms with Gasteiger partial charge in [0.1, 0.15) is 0 Å². The van der Waals surface area contributed by atoms with Gasteiger partial charge in [-0.2, -0.15) is 5.10 Å². The molecule has 0 fully saturated rings. The maximum Gasteiger partial charge on any atom is 0.339 e. The minimum atomic E-state index is -0.320. The number of aryl methyl sites for hydroxylation is 2. The van der Waals surface area contributed by atoms with E-state index in [-0.39, 0.29) is 11.5 Å². The van der Waals surface area contributed by atoms with Crippen molar-refractivity contribution in [1.82, 2.24) is 14.8 Å². The molecular weight excluding hydrogens is 254 g/mol. The van der Waals surface area contributed by atoms with Gasteiger partial charge in [0, 0.05) is 5.69 Å². The van der Waals surface area contributed by atoms with E-state index in [9.17, 15) is 4.79 Å². The molecule has 0 bridgehead atoms. The fourth-order valence-electron chi connectivity index (χ4n) is 2.25. The molecule has 2 heterocycles. The van der Waals surface area contributed by atoms with Gasteiger partial charge in [-0.05, 0) is 47.6 Å². The van der Waals surface area contributed by atoms with Crippen LogP contribution in [0.15, 0.2) is 6.07 Å². The average molecular weight is 275 g/mol. The smallest absolute Gasteiger partial charge is 0.339 e. The van der Waals surface area contributed by atoms with Gasteiger partial charge in [-0.3, -0.25) is 0 Å². The first-order chi connectivity index (χ1) is 9.25. The van der Waals surface area contributed by atoms with Crippen LogP contribution in [0, 0.1) is 13.8 Å². The first kappa shape index (κ1) is 14.5. The summed E-state index contributed by atoms with van der Waals surface area (Å²) < 4.78 is 7.01. The predicted octanol–water partition coefficient (Wildman–Crippen LogP) is 2.98. The van der Waals surface area contributed by atoms with Gasteiger partial charge in [0.05, 0.1) is 28.8 Å². The number of aromatic nitrogens is 3. The summed E-state index contributed by atoms with van der Waals surface area (Å²) in [4.78, 5) is 16.7. The number of rotatable bonds is 2. The summed E-state index contributed by atoms with van der Waals surface area (Å²) in [5.74, 6) is -0.320. The third-order valence-corrected chi connectivity index (χ3v) is 3.07. The van der Waals surface area contributed by atoms with Crippen molar-refractivity contribution in [2.24, 2.45) is 0 Å². The summed E-state index contributed by atoms with van der Waals surface area (Å²) in [6.45, 7) is 12.1. The second-order valence-electron chi connectivity index (χ2n) is 5.90. The van der Waals surface area contributed by atoms with Crippen LogP contribution >= 0.6 is 0 Å². The molecule has 2 rings (SSSR count). The van der Waals surface area contributed by atoms with Crippen LogP contribution in [0.4, 0.5) is 0 Å². The van der Waals surface area contributed by atoms with E-state index < -0.39 is 0 Å². The molecule has 2 aromatic rings. The van der Waals surface area contributed by atoms with Gasteiger partial charge in [0.2, 0.25) is 0 Å². The largest absolute Gasteiger partial charge is 0.462 e. The van der Waals surface area contributed by atoms with E-state index in [2.05, 4.69) is 30.9 Å². The number of carbonyl (C=O) groups is 1. The van der Waals surface area contributed by atoms with Crippen LogP contribution in [0.25, 0.3) is 11.0 Å². The summed E-state index contributed by atoms with van der Waals surface area (Å²) in [5, 5.41) is 5.33. The molecule has 0 radical (unpaired) electrons. The van der Waals surface area contributed by atoms with Crippen molar-refractivity contribution >= 4 is 17.0 Å². The van der Waals surface area contributed by atoms with Crippen molar-refractivity contribution in [1.29, 1.82) is 0 Å². The fraction of sp³-hybridized carbons (Fsp3) is 0.533. The van der Waals surface area contributed by atoms with E-state index in [1.165, 1.54) is 0 Å². The van der Waals surface area contributed by atoms with Crippen LogP contribution < -0.4 is 0 Å². The summed E-state index contributed by atoms with van der Waals surface area (Å²) in [7, 11) is 0. The van der Waals surface area contributed by atoms with Crippen molar-refractivity contribution in [2.45, 2.75) is 47.1 Å². The molecule has 20 heavy (non-hydrogen) atoms. The molecule has 0 aliphatic carbocycles. The van der Waals surface area contributed by atoms with Gasteiger partial charge in [-0.1, -0.05) is 0 Å². The standard InChI is InChI=1S/C15H21N3O2/c1-7-20-14(19)11-8-9(2)16-13-12(11)10(3)17-18(13)15(4,5)6/h8H,7H2,1-6H3. The molecule has 0 spiro atoms. The number of carbonyl (C=O) groups excluding carboxylic acids is 1. The molecule has 0 amide bonds. The Morgan fingerprint density at radius 1 is 1.35 bits per heavy atom. The minimum absolute atomic E-state index is 0.195. The summed E-state index contributed by atoms with van der Waals surface area (Å²) in [6, 6.07) is 1.77. The topological polar surface area (TPSA) is 57.0 Å². The number of hydrogen-bond acceptors (Lipinski definition) is 4. The van der Waals surface area contributed by atoms with Gasteiger partial charge in [-0.15, -0.1) is 0 Å². The first-order valence-corrected chi connectivity index (χ1v) is 6.80. The van der Waals surface area contributed by atoms with Crippen LogP contribution in [0.5, 0.6) is 0 Å². The first-order valence-electron chi connectivity index (χ1n) is 6.80. The van der Waals surface area contributed by atoms with E-state index in [1.807, 2.05) is 18.5 Å². The van der Waals surface area contributed by atoms with E-state index in [1.54, 1.807) is 13.0 Å². The predicted molar refractivity (Wildman–Crippen MR) is 78.0 cm³/mol. The molecule has 5 nitrogen and oxygen atoms in total. The molecule has 0 atom stereocenters. The van der Waals surface area contributed by atoms with E-state index >= 15 is 0 Å². The van der Waals surface area contributed by atoms with Gasteiger partial charge in [0.25, 0.3) is 0 Å². The fourth-order valence-corrected chi connectivity index (χ4v) is 2.25. The summed E-state index contributed by atoms with van der Waals surface area (Å²) >= 11 is 0. The number of pyridine rings is 1. The maximum absolute atomic E-state index is 12.1. The van der Waals surface area contributed by atoms with Crippen LogP contribution in [0.2, 0.25) is 0 Å². The number of hydrogen-bond donors (Lipinski definition) is 0. The molecule has 108 valence electrons. The Labute approximate surface area is 118 Å². The van der Waals surface area contributed by atoms with Gasteiger partial charge < -0.3 is 4.74 Å². The molecule has 0 aromatic carbocycles. The highest BCUT2D eigenvalue weighted by atomic mass is 16.5. The third kappa shape index (κ3) is 2.40. The van der Waals surface area contributed by atoms with Crippen molar-refractivity contribution in [3.05, 3.63) is 23.0 Å². The van der Waals surface area contributed by atoms with Crippen molar-refractivity contribution in [3.63, 3.8) is 0 Å². The van der Waals surface area contributed by atoms with Gasteiger partial charge in [0.15, 0.2) is 5.65 Å². The van der Waals surface area contributed by atoms with Crippen molar-refractivity contribution < 1.29 is 9.53 Å². The van der Waals surface area contributed by atoms with Crippen molar-refractivity contribution in [2.75, 3.05) is 6.61 Å². The average Bonchev–Trinajstić information content (AvgIpc) is 2.65. The maximum atomic E-state index is 12.1. The van der Waals surface area contributed by atoms with Crippen molar-refractivity contribution in [3.8, 4) is 0 Å².